The maximum Gasteiger partial charge on any atom is 0.0674 e. The van der Waals surface area contributed by atoms with Crippen LogP contribution < -0.4 is 0 Å². The summed E-state index contributed by atoms with van der Waals surface area (Å²) in [6.07, 6.45) is 9.97. The zero-order valence-corrected chi connectivity index (χ0v) is 12.3. The Morgan fingerprint density at radius 1 is 1.11 bits per heavy atom. The molecule has 2 fully saturated rings. The predicted octanol–water partition coefficient (Wildman–Crippen LogP) is 3.44. The maximum absolute atomic E-state index is 10.7. The van der Waals surface area contributed by atoms with E-state index in [4.69, 9.17) is 0 Å². The van der Waals surface area contributed by atoms with Crippen molar-refractivity contribution in [2.75, 3.05) is 19.6 Å². The molecular weight excluding hydrogens is 222 g/mol. The van der Waals surface area contributed by atoms with Crippen molar-refractivity contribution < 1.29 is 5.11 Å². The highest BCUT2D eigenvalue weighted by atomic mass is 16.3. The van der Waals surface area contributed by atoms with Gasteiger partial charge in [-0.05, 0) is 31.1 Å². The minimum Gasteiger partial charge on any atom is -0.390 e. The summed E-state index contributed by atoms with van der Waals surface area (Å²) in [4.78, 5) is 2.53. The van der Waals surface area contributed by atoms with Crippen molar-refractivity contribution in [3.8, 4) is 0 Å². The van der Waals surface area contributed by atoms with Crippen LogP contribution in [0.1, 0.15) is 65.2 Å². The largest absolute Gasteiger partial charge is 0.390 e. The monoisotopic (exact) mass is 253 g/mol. The van der Waals surface area contributed by atoms with Gasteiger partial charge in [0.05, 0.1) is 5.60 Å². The summed E-state index contributed by atoms with van der Waals surface area (Å²) < 4.78 is 0. The van der Waals surface area contributed by atoms with Crippen LogP contribution in [0.2, 0.25) is 0 Å². The fraction of sp³-hybridized carbons (Fsp3) is 1.00. The van der Waals surface area contributed by atoms with Crippen molar-refractivity contribution in [2.45, 2.75) is 70.8 Å². The average Bonchev–Trinajstić information content (AvgIpc) is 2.33. The highest BCUT2D eigenvalue weighted by Crippen LogP contribution is 2.35. The van der Waals surface area contributed by atoms with Crippen LogP contribution in [0.25, 0.3) is 0 Å². The molecule has 0 spiro atoms. The third-order valence-electron chi connectivity index (χ3n) is 4.80. The van der Waals surface area contributed by atoms with Crippen LogP contribution >= 0.6 is 0 Å². The summed E-state index contributed by atoms with van der Waals surface area (Å²) >= 11 is 0. The van der Waals surface area contributed by atoms with Crippen LogP contribution in [0.3, 0.4) is 0 Å². The molecule has 0 bridgehead atoms. The lowest BCUT2D eigenvalue weighted by atomic mass is 9.77. The number of hydrogen-bond acceptors (Lipinski definition) is 2. The quantitative estimate of drug-likeness (QED) is 0.829. The first-order valence-electron chi connectivity index (χ1n) is 8.02. The molecule has 2 aliphatic rings. The standard InChI is InChI=1S/C16H31NO/c1-14(2)13-17-10-8-16(18,9-11-17)12-15-6-4-3-5-7-15/h14-15,18H,3-13H2,1-2H3. The molecule has 2 heteroatoms. The molecule has 1 saturated heterocycles. The van der Waals surface area contributed by atoms with Crippen LogP contribution in [0.15, 0.2) is 0 Å². The molecule has 0 atom stereocenters. The van der Waals surface area contributed by atoms with E-state index in [0.29, 0.717) is 0 Å². The number of likely N-dealkylation sites (tertiary alicyclic amines) is 1. The van der Waals surface area contributed by atoms with E-state index in [2.05, 4.69) is 18.7 Å². The Bertz CT molecular complexity index is 237. The van der Waals surface area contributed by atoms with E-state index < -0.39 is 0 Å². The molecule has 1 aliphatic carbocycles. The summed E-state index contributed by atoms with van der Waals surface area (Å²) in [5.41, 5.74) is -0.338. The summed E-state index contributed by atoms with van der Waals surface area (Å²) in [5, 5.41) is 10.7. The molecule has 1 saturated carbocycles. The Morgan fingerprint density at radius 3 is 2.28 bits per heavy atom. The Hall–Kier alpha value is -0.0800. The van der Waals surface area contributed by atoms with E-state index in [9.17, 15) is 5.11 Å². The first kappa shape index (κ1) is 14.3. The lowest BCUT2D eigenvalue weighted by molar-refractivity contribution is -0.0439. The number of piperidine rings is 1. The Morgan fingerprint density at radius 2 is 1.72 bits per heavy atom. The first-order valence-corrected chi connectivity index (χ1v) is 8.02. The second-order valence-corrected chi connectivity index (χ2v) is 7.13. The molecule has 0 aromatic heterocycles. The van der Waals surface area contributed by atoms with Gasteiger partial charge in [0.1, 0.15) is 0 Å². The first-order chi connectivity index (χ1) is 8.57. The SMILES string of the molecule is CC(C)CN1CCC(O)(CC2CCCCC2)CC1. The number of hydrogen-bond donors (Lipinski definition) is 1. The fourth-order valence-corrected chi connectivity index (χ4v) is 3.80. The fourth-order valence-electron chi connectivity index (χ4n) is 3.80. The van der Waals surface area contributed by atoms with Crippen LogP contribution in [-0.2, 0) is 0 Å². The second-order valence-electron chi connectivity index (χ2n) is 7.13. The van der Waals surface area contributed by atoms with Crippen molar-refractivity contribution in [3.63, 3.8) is 0 Å². The lowest BCUT2D eigenvalue weighted by Crippen LogP contribution is -2.46. The zero-order chi connectivity index (χ0) is 13.0. The van der Waals surface area contributed by atoms with Crippen LogP contribution in [0, 0.1) is 11.8 Å². The molecule has 1 N–H and O–H groups in total. The minimum absolute atomic E-state index is 0.338. The van der Waals surface area contributed by atoms with Gasteiger partial charge in [0, 0.05) is 19.6 Å². The third-order valence-corrected chi connectivity index (χ3v) is 4.80. The lowest BCUT2D eigenvalue weighted by Gasteiger charge is -2.41. The molecule has 106 valence electrons. The summed E-state index contributed by atoms with van der Waals surface area (Å²) in [7, 11) is 0. The van der Waals surface area contributed by atoms with Gasteiger partial charge in [0.2, 0.25) is 0 Å². The van der Waals surface area contributed by atoms with Crippen LogP contribution in [0.4, 0.5) is 0 Å². The van der Waals surface area contributed by atoms with Crippen LogP contribution in [-0.4, -0.2) is 35.2 Å². The average molecular weight is 253 g/mol. The maximum atomic E-state index is 10.7. The van der Waals surface area contributed by atoms with Crippen LogP contribution in [0.5, 0.6) is 0 Å². The van der Waals surface area contributed by atoms with Crippen molar-refractivity contribution in [3.05, 3.63) is 0 Å². The van der Waals surface area contributed by atoms with Crippen molar-refractivity contribution >= 4 is 0 Å². The van der Waals surface area contributed by atoms with Crippen molar-refractivity contribution in [2.24, 2.45) is 11.8 Å². The molecule has 18 heavy (non-hydrogen) atoms. The smallest absolute Gasteiger partial charge is 0.0674 e. The Balaban J connectivity index is 1.75. The van der Waals surface area contributed by atoms with Gasteiger partial charge in [-0.1, -0.05) is 46.0 Å². The number of aliphatic hydroxyl groups is 1. The van der Waals surface area contributed by atoms with Gasteiger partial charge in [-0.3, -0.25) is 0 Å². The second kappa shape index (κ2) is 6.38. The predicted molar refractivity (Wildman–Crippen MR) is 76.7 cm³/mol. The van der Waals surface area contributed by atoms with Gasteiger partial charge in [-0.2, -0.15) is 0 Å². The molecule has 0 unspecified atom stereocenters. The number of rotatable bonds is 4. The minimum atomic E-state index is -0.338. The Kier molecular flexibility index (Phi) is 5.08. The van der Waals surface area contributed by atoms with Gasteiger partial charge in [-0.15, -0.1) is 0 Å². The molecule has 2 rings (SSSR count). The molecule has 0 aromatic rings. The molecule has 1 heterocycles. The molecular formula is C16H31NO. The van der Waals surface area contributed by atoms with E-state index >= 15 is 0 Å². The van der Waals surface area contributed by atoms with E-state index in [1.54, 1.807) is 0 Å². The van der Waals surface area contributed by atoms with E-state index in [0.717, 1.165) is 44.2 Å². The molecule has 0 amide bonds. The highest BCUT2D eigenvalue weighted by Gasteiger charge is 2.34. The van der Waals surface area contributed by atoms with Gasteiger partial charge >= 0.3 is 0 Å². The van der Waals surface area contributed by atoms with Gasteiger partial charge in [0.25, 0.3) is 0 Å². The van der Waals surface area contributed by atoms with E-state index in [1.165, 1.54) is 38.6 Å². The molecule has 0 radical (unpaired) electrons. The van der Waals surface area contributed by atoms with Crippen molar-refractivity contribution in [1.82, 2.24) is 4.90 Å². The summed E-state index contributed by atoms with van der Waals surface area (Å²) in [5.74, 6) is 1.55. The van der Waals surface area contributed by atoms with Gasteiger partial charge in [-0.25, -0.2) is 0 Å². The topological polar surface area (TPSA) is 23.5 Å². The van der Waals surface area contributed by atoms with Crippen molar-refractivity contribution in [1.29, 1.82) is 0 Å². The molecule has 0 aromatic carbocycles. The normalized spacial score (nSPS) is 26.7. The van der Waals surface area contributed by atoms with E-state index in [1.807, 2.05) is 0 Å². The third kappa shape index (κ3) is 4.24. The number of nitrogens with zero attached hydrogens (tertiary/aromatic N) is 1. The molecule has 2 nitrogen and oxygen atoms in total. The summed E-state index contributed by atoms with van der Waals surface area (Å²) in [6.45, 7) is 7.95. The highest BCUT2D eigenvalue weighted by molar-refractivity contribution is 4.88. The summed E-state index contributed by atoms with van der Waals surface area (Å²) in [6, 6.07) is 0. The van der Waals surface area contributed by atoms with E-state index in [-0.39, 0.29) is 5.60 Å². The molecule has 1 aliphatic heterocycles. The van der Waals surface area contributed by atoms with Gasteiger partial charge in [0.15, 0.2) is 0 Å². The van der Waals surface area contributed by atoms with Gasteiger partial charge < -0.3 is 10.0 Å². The Labute approximate surface area is 113 Å². The zero-order valence-electron chi connectivity index (χ0n) is 12.3.